The minimum Gasteiger partial charge on any atom is -0.489 e. The van der Waals surface area contributed by atoms with Crippen molar-refractivity contribution >= 4 is 33.2 Å². The molecule has 0 aliphatic heterocycles. The van der Waals surface area contributed by atoms with E-state index in [1.54, 1.807) is 49.5 Å². The molecule has 61 heavy (non-hydrogen) atoms. The smallest absolute Gasteiger partial charge is 0.317 e. The van der Waals surface area contributed by atoms with E-state index < -0.39 is 17.4 Å². The number of ether oxygens (including phenoxy) is 3. The SMILES string of the molecule is CC1(O)CC(c2nc(-c3ccc(Oc4cc(F)cc(OCc5ccccc5)c4)cc3)c3c(N)nccn23)C1.CN(C)CC(=O)O.Fc1cc(Br)cc(OCc2ccccc2)c1. The van der Waals surface area contributed by atoms with Gasteiger partial charge < -0.3 is 30.2 Å². The van der Waals surface area contributed by atoms with Crippen LogP contribution in [0.25, 0.3) is 16.8 Å². The van der Waals surface area contributed by atoms with Crippen LogP contribution < -0.4 is 19.9 Å². The molecule has 0 radical (unpaired) electrons. The molecule has 0 unspecified atom stereocenters. The van der Waals surface area contributed by atoms with Gasteiger partial charge in [-0.3, -0.25) is 14.1 Å². The number of carboxylic acids is 1. The molecule has 2 heterocycles. The number of nitrogen functional groups attached to an aromatic ring is 1. The summed E-state index contributed by atoms with van der Waals surface area (Å²) in [6, 6.07) is 35.7. The van der Waals surface area contributed by atoms with Crippen molar-refractivity contribution in [1.29, 1.82) is 0 Å². The van der Waals surface area contributed by atoms with E-state index in [9.17, 15) is 18.7 Å². The number of hydrogen-bond acceptors (Lipinski definition) is 9. The quantitative estimate of drug-likeness (QED) is 0.108. The van der Waals surface area contributed by atoms with E-state index in [1.807, 2.05) is 90.3 Å². The Hall–Kier alpha value is -6.35. The van der Waals surface area contributed by atoms with Gasteiger partial charge in [0, 0.05) is 52.6 Å². The number of rotatable bonds is 12. The van der Waals surface area contributed by atoms with Gasteiger partial charge in [0.15, 0.2) is 0 Å². The highest BCUT2D eigenvalue weighted by Gasteiger charge is 2.41. The summed E-state index contributed by atoms with van der Waals surface area (Å²) in [5.41, 5.74) is 9.92. The van der Waals surface area contributed by atoms with Gasteiger partial charge >= 0.3 is 5.97 Å². The second kappa shape index (κ2) is 20.3. The first-order valence-electron chi connectivity index (χ1n) is 19.3. The molecule has 0 spiro atoms. The van der Waals surface area contributed by atoms with Gasteiger partial charge in [-0.25, -0.2) is 18.7 Å². The summed E-state index contributed by atoms with van der Waals surface area (Å²) in [7, 11) is 3.43. The summed E-state index contributed by atoms with van der Waals surface area (Å²) in [5.74, 6) is 1.63. The van der Waals surface area contributed by atoms with Crippen LogP contribution in [0, 0.1) is 11.6 Å². The Balaban J connectivity index is 0.000000222. The number of nitrogens with two attached hydrogens (primary N) is 1. The van der Waals surface area contributed by atoms with Crippen LogP contribution in [0.15, 0.2) is 138 Å². The second-order valence-corrected chi connectivity index (χ2v) is 15.9. The predicted octanol–water partition coefficient (Wildman–Crippen LogP) is 9.92. The molecule has 1 saturated carbocycles. The lowest BCUT2D eigenvalue weighted by atomic mass is 9.72. The van der Waals surface area contributed by atoms with Crippen LogP contribution in [-0.2, 0) is 18.0 Å². The Labute approximate surface area is 361 Å². The number of benzene rings is 5. The molecule has 5 aromatic carbocycles. The molecule has 8 rings (SSSR count). The number of nitrogens with zero attached hydrogens (tertiary/aromatic N) is 4. The van der Waals surface area contributed by atoms with Crippen molar-refractivity contribution in [3.63, 3.8) is 0 Å². The number of likely N-dealkylation sites (N-methyl/N-ethyl adjacent to an activating group) is 1. The third-order valence-electron chi connectivity index (χ3n) is 9.34. The number of carbonyl (C=O) groups is 1. The molecule has 0 amide bonds. The van der Waals surface area contributed by atoms with Crippen LogP contribution in [0.3, 0.4) is 0 Å². The van der Waals surface area contributed by atoms with Crippen molar-refractivity contribution in [2.24, 2.45) is 0 Å². The molecule has 14 heteroatoms. The average Bonchev–Trinajstić information content (AvgIpc) is 3.59. The highest BCUT2D eigenvalue weighted by Crippen LogP contribution is 2.45. The molecule has 1 aliphatic rings. The molecule has 2 aromatic heterocycles. The van der Waals surface area contributed by atoms with Crippen LogP contribution in [0.4, 0.5) is 14.6 Å². The molecule has 0 bridgehead atoms. The first-order chi connectivity index (χ1) is 29.2. The zero-order valence-electron chi connectivity index (χ0n) is 33.8. The maximum Gasteiger partial charge on any atom is 0.317 e. The minimum absolute atomic E-state index is 0.111. The summed E-state index contributed by atoms with van der Waals surface area (Å²) in [6.45, 7) is 2.72. The fraction of sp³-hybridized carbons (Fsp3) is 0.213. The fourth-order valence-electron chi connectivity index (χ4n) is 6.62. The van der Waals surface area contributed by atoms with Gasteiger partial charge in [-0.05, 0) is 81.4 Å². The highest BCUT2D eigenvalue weighted by molar-refractivity contribution is 9.10. The van der Waals surface area contributed by atoms with Gasteiger partial charge in [0.05, 0.1) is 12.1 Å². The molecule has 11 nitrogen and oxygen atoms in total. The fourth-order valence-corrected chi connectivity index (χ4v) is 7.07. The van der Waals surface area contributed by atoms with Gasteiger partial charge in [0.25, 0.3) is 0 Å². The highest BCUT2D eigenvalue weighted by atomic mass is 79.9. The lowest BCUT2D eigenvalue weighted by Crippen LogP contribution is -2.40. The number of halogens is 3. The maximum absolute atomic E-state index is 14.3. The third-order valence-corrected chi connectivity index (χ3v) is 9.80. The molecule has 316 valence electrons. The van der Waals surface area contributed by atoms with Gasteiger partial charge in [-0.15, -0.1) is 0 Å². The Bertz CT molecular complexity index is 2510. The Morgan fingerprint density at radius 2 is 1.39 bits per heavy atom. The Kier molecular flexibility index (Phi) is 14.7. The minimum atomic E-state index is -0.787. The van der Waals surface area contributed by atoms with E-state index in [0.717, 1.165) is 28.0 Å². The van der Waals surface area contributed by atoms with Crippen LogP contribution >= 0.6 is 15.9 Å². The van der Waals surface area contributed by atoms with Gasteiger partial charge in [-0.2, -0.15) is 0 Å². The van der Waals surface area contributed by atoms with Crippen molar-refractivity contribution in [2.45, 2.75) is 44.5 Å². The predicted molar refractivity (Wildman–Crippen MR) is 234 cm³/mol. The van der Waals surface area contributed by atoms with E-state index in [1.165, 1.54) is 24.3 Å². The number of fused-ring (bicyclic) bond motifs is 1. The topological polar surface area (TPSA) is 145 Å². The molecular formula is C47H46BrF2N5O6. The van der Waals surface area contributed by atoms with E-state index >= 15 is 0 Å². The third kappa shape index (κ3) is 12.8. The van der Waals surface area contributed by atoms with E-state index in [2.05, 4.69) is 20.9 Å². The number of aliphatic hydroxyl groups is 1. The summed E-state index contributed by atoms with van der Waals surface area (Å²) >= 11 is 3.22. The Morgan fingerprint density at radius 1 is 0.836 bits per heavy atom. The van der Waals surface area contributed by atoms with E-state index in [0.29, 0.717) is 65.0 Å². The molecule has 7 aromatic rings. The number of imidazole rings is 1. The average molecular weight is 895 g/mol. The first kappa shape index (κ1) is 44.2. The first-order valence-corrected chi connectivity index (χ1v) is 20.1. The van der Waals surface area contributed by atoms with Crippen LogP contribution in [-0.4, -0.2) is 61.7 Å². The Morgan fingerprint density at radius 3 is 1.92 bits per heavy atom. The van der Waals surface area contributed by atoms with Gasteiger partial charge in [0.2, 0.25) is 0 Å². The monoisotopic (exact) mass is 893 g/mol. The number of aliphatic carboxylic acids is 1. The summed E-state index contributed by atoms with van der Waals surface area (Å²) in [5, 5.41) is 18.3. The van der Waals surface area contributed by atoms with Crippen molar-refractivity contribution in [1.82, 2.24) is 19.3 Å². The molecule has 0 atom stereocenters. The molecule has 0 saturated heterocycles. The van der Waals surface area contributed by atoms with Crippen molar-refractivity contribution in [3.05, 3.63) is 167 Å². The van der Waals surface area contributed by atoms with Crippen LogP contribution in [0.1, 0.15) is 42.6 Å². The largest absolute Gasteiger partial charge is 0.489 e. The van der Waals surface area contributed by atoms with E-state index in [-0.39, 0.29) is 18.3 Å². The van der Waals surface area contributed by atoms with Gasteiger partial charge in [-0.1, -0.05) is 76.6 Å². The lowest BCUT2D eigenvalue weighted by Gasteiger charge is -2.40. The summed E-state index contributed by atoms with van der Waals surface area (Å²) in [6.07, 6.45) is 4.79. The zero-order valence-corrected chi connectivity index (χ0v) is 35.4. The number of anilines is 1. The van der Waals surface area contributed by atoms with Crippen LogP contribution in [0.5, 0.6) is 23.0 Å². The second-order valence-electron chi connectivity index (χ2n) is 15.0. The maximum atomic E-state index is 14.3. The molecule has 1 fully saturated rings. The number of aromatic nitrogens is 3. The summed E-state index contributed by atoms with van der Waals surface area (Å²) in [4.78, 5) is 20.5. The molecule has 4 N–H and O–H groups in total. The number of carboxylic acid groups (broad SMARTS) is 1. The normalized spacial score (nSPS) is 15.4. The van der Waals surface area contributed by atoms with E-state index in [4.69, 9.17) is 30.0 Å². The van der Waals surface area contributed by atoms with Crippen molar-refractivity contribution in [3.8, 4) is 34.3 Å². The van der Waals surface area contributed by atoms with Gasteiger partial charge in [0.1, 0.15) is 70.7 Å². The zero-order chi connectivity index (χ0) is 43.5. The standard InChI is InChI=1S/C30H27FN4O3.C13H10BrFO.C4H9NO2/c1-30(36)16-21(17-30)29-34-26(27-28(32)33-11-12-35(27)29)20-7-9-23(10-8-20)38-25-14-22(31)13-24(15-25)37-18-19-5-3-2-4-6-19;14-11-6-12(15)8-13(7-11)16-9-10-4-2-1-3-5-10;1-5(2)3-4(6)7/h2-15,21,36H,16-18H2,1H3,(H2,32,33);1-8H,9H2;3H2,1-2H3,(H,6,7). The van der Waals surface area contributed by atoms with Crippen molar-refractivity contribution in [2.75, 3.05) is 26.4 Å². The lowest BCUT2D eigenvalue weighted by molar-refractivity contribution is -0.137. The number of hydrogen-bond donors (Lipinski definition) is 3. The summed E-state index contributed by atoms with van der Waals surface area (Å²) < 4.78 is 47.1. The van der Waals surface area contributed by atoms with Crippen LogP contribution in [0.2, 0.25) is 0 Å². The molecule has 1 aliphatic carbocycles. The molecular weight excluding hydrogens is 848 g/mol. The van der Waals surface area contributed by atoms with Crippen molar-refractivity contribution < 1.29 is 38.0 Å².